The van der Waals surface area contributed by atoms with Gasteiger partial charge < -0.3 is 4.74 Å². The molecule has 7 rings (SSSR count). The van der Waals surface area contributed by atoms with Crippen molar-refractivity contribution in [3.63, 3.8) is 0 Å². The number of sulfonamides is 1. The molecule has 1 saturated heterocycles. The first-order chi connectivity index (χ1) is 16.8. The quantitative estimate of drug-likeness (QED) is 0.356. The van der Waals surface area contributed by atoms with Crippen LogP contribution in [0.1, 0.15) is 37.3 Å². The van der Waals surface area contributed by atoms with Gasteiger partial charge in [0.1, 0.15) is 11.5 Å². The SMILES string of the molecule is CCOC(=O)[C@H]1[C@@H]2CCC[C@]23OO[C@]1(c1ccccc1)C1=C3CN(S(=O)(=O)c2ccc(C)cc2)C1. The van der Waals surface area contributed by atoms with Gasteiger partial charge in [-0.3, -0.25) is 4.79 Å². The number of carbonyl (C=O) groups excluding carboxylic acids is 1. The van der Waals surface area contributed by atoms with E-state index in [4.69, 9.17) is 14.5 Å². The Morgan fingerprint density at radius 1 is 1.06 bits per heavy atom. The Balaban J connectivity index is 1.51. The van der Waals surface area contributed by atoms with Crippen LogP contribution in [0.15, 0.2) is 70.6 Å². The smallest absolute Gasteiger partial charge is 0.313 e. The molecule has 35 heavy (non-hydrogen) atoms. The van der Waals surface area contributed by atoms with E-state index < -0.39 is 27.1 Å². The Hall–Kier alpha value is -2.52. The first kappa shape index (κ1) is 22.9. The zero-order valence-corrected chi connectivity index (χ0v) is 20.7. The van der Waals surface area contributed by atoms with E-state index >= 15 is 0 Å². The molecule has 3 aliphatic heterocycles. The fourth-order valence-electron chi connectivity index (χ4n) is 6.69. The minimum absolute atomic E-state index is 0.142. The summed E-state index contributed by atoms with van der Waals surface area (Å²) >= 11 is 0. The van der Waals surface area contributed by atoms with E-state index in [9.17, 15) is 13.2 Å². The Labute approximate surface area is 205 Å². The lowest BCUT2D eigenvalue weighted by atomic mass is 9.58. The van der Waals surface area contributed by atoms with Crippen molar-refractivity contribution < 1.29 is 27.7 Å². The molecular formula is C27H29NO6S. The Bertz CT molecular complexity index is 1300. The first-order valence-corrected chi connectivity index (χ1v) is 13.7. The zero-order chi connectivity index (χ0) is 24.4. The number of nitrogens with zero attached hydrogens (tertiary/aromatic N) is 1. The minimum Gasteiger partial charge on any atom is -0.466 e. The van der Waals surface area contributed by atoms with Crippen molar-refractivity contribution in [1.82, 2.24) is 4.31 Å². The second-order valence-corrected chi connectivity index (χ2v) is 11.9. The van der Waals surface area contributed by atoms with Crippen LogP contribution >= 0.6 is 0 Å². The normalized spacial score (nSPS) is 31.9. The molecule has 2 aromatic rings. The van der Waals surface area contributed by atoms with Gasteiger partial charge in [-0.15, -0.1) is 0 Å². The second-order valence-electron chi connectivity index (χ2n) is 9.93. The van der Waals surface area contributed by atoms with Crippen LogP contribution in [0.5, 0.6) is 0 Å². The van der Waals surface area contributed by atoms with Crippen molar-refractivity contribution in [1.29, 1.82) is 0 Å². The highest BCUT2D eigenvalue weighted by molar-refractivity contribution is 7.89. The Morgan fingerprint density at radius 2 is 1.77 bits per heavy atom. The highest BCUT2D eigenvalue weighted by Crippen LogP contribution is 2.66. The third-order valence-electron chi connectivity index (χ3n) is 8.22. The highest BCUT2D eigenvalue weighted by Gasteiger charge is 2.72. The molecule has 0 N–H and O–H groups in total. The van der Waals surface area contributed by atoms with Crippen LogP contribution in [0, 0.1) is 18.8 Å². The molecule has 0 radical (unpaired) electrons. The van der Waals surface area contributed by atoms with Gasteiger partial charge in [0, 0.05) is 19.0 Å². The number of hydrogen-bond donors (Lipinski definition) is 0. The van der Waals surface area contributed by atoms with E-state index in [2.05, 4.69) is 0 Å². The summed E-state index contributed by atoms with van der Waals surface area (Å²) < 4.78 is 34.5. The summed E-state index contributed by atoms with van der Waals surface area (Å²) in [4.78, 5) is 26.2. The molecule has 2 bridgehead atoms. The molecule has 8 heteroatoms. The maximum Gasteiger partial charge on any atom is 0.313 e. The van der Waals surface area contributed by atoms with Gasteiger partial charge in [0.2, 0.25) is 10.0 Å². The summed E-state index contributed by atoms with van der Waals surface area (Å²) in [5.41, 5.74) is 1.52. The monoisotopic (exact) mass is 495 g/mol. The van der Waals surface area contributed by atoms with Gasteiger partial charge in [-0.25, -0.2) is 18.2 Å². The van der Waals surface area contributed by atoms with Gasteiger partial charge in [-0.05, 0) is 62.0 Å². The predicted octanol–water partition coefficient (Wildman–Crippen LogP) is 3.89. The van der Waals surface area contributed by atoms with Crippen LogP contribution in [0.2, 0.25) is 0 Å². The van der Waals surface area contributed by atoms with E-state index in [1.807, 2.05) is 37.3 Å². The number of hydrogen-bond acceptors (Lipinski definition) is 6. The van der Waals surface area contributed by atoms with Gasteiger partial charge >= 0.3 is 5.97 Å². The molecule has 4 atom stereocenters. The standard InChI is InChI=1S/C27H29NO6S/c1-3-32-25(29)24-21-10-7-15-26(21)22-16-28(35(30,31)20-13-11-18(2)12-14-20)17-23(22)27(24,34-33-26)19-8-5-4-6-9-19/h4-6,8-9,11-14,21,24H,3,7,10,15-17H2,1-2H3/t21-,24+,26-,27+/m0/s1. The minimum atomic E-state index is -3.76. The number of ether oxygens (including phenoxy) is 1. The van der Waals surface area contributed by atoms with Crippen LogP contribution < -0.4 is 0 Å². The predicted molar refractivity (Wildman–Crippen MR) is 127 cm³/mol. The topological polar surface area (TPSA) is 82.1 Å². The Kier molecular flexibility index (Phi) is 5.23. The molecule has 1 spiro atoms. The summed E-state index contributed by atoms with van der Waals surface area (Å²) in [6, 6.07) is 16.5. The molecule has 0 unspecified atom stereocenters. The van der Waals surface area contributed by atoms with Crippen LogP contribution in [0.25, 0.3) is 0 Å². The average Bonchev–Trinajstić information content (AvgIpc) is 3.51. The van der Waals surface area contributed by atoms with Crippen molar-refractivity contribution in [2.75, 3.05) is 19.7 Å². The summed E-state index contributed by atoms with van der Waals surface area (Å²) in [5.74, 6) is -1.07. The lowest BCUT2D eigenvalue weighted by Crippen LogP contribution is -2.64. The van der Waals surface area contributed by atoms with Gasteiger partial charge in [0.15, 0.2) is 5.60 Å². The molecule has 0 amide bonds. The fourth-order valence-corrected chi connectivity index (χ4v) is 8.07. The average molecular weight is 496 g/mol. The van der Waals surface area contributed by atoms with Crippen molar-refractivity contribution in [3.05, 3.63) is 76.9 Å². The number of carbonyl (C=O) groups is 1. The lowest BCUT2D eigenvalue weighted by molar-refractivity contribution is -0.460. The number of aryl methyl sites for hydroxylation is 1. The molecule has 0 aromatic heterocycles. The van der Waals surface area contributed by atoms with E-state index in [1.54, 1.807) is 31.2 Å². The summed E-state index contributed by atoms with van der Waals surface area (Å²) in [7, 11) is -3.76. The summed E-state index contributed by atoms with van der Waals surface area (Å²) in [6.07, 6.45) is 2.36. The molecule has 2 fully saturated rings. The van der Waals surface area contributed by atoms with E-state index in [-0.39, 0.29) is 36.5 Å². The largest absolute Gasteiger partial charge is 0.466 e. The van der Waals surface area contributed by atoms with Crippen LogP contribution in [-0.4, -0.2) is 44.0 Å². The van der Waals surface area contributed by atoms with E-state index in [0.29, 0.717) is 6.42 Å². The first-order valence-electron chi connectivity index (χ1n) is 12.2. The molecule has 3 heterocycles. The van der Waals surface area contributed by atoms with E-state index in [1.165, 1.54) is 4.31 Å². The van der Waals surface area contributed by atoms with Crippen LogP contribution in [0.4, 0.5) is 0 Å². The number of rotatable bonds is 5. The lowest BCUT2D eigenvalue weighted by Gasteiger charge is -2.57. The van der Waals surface area contributed by atoms with Gasteiger partial charge in [0.05, 0.1) is 11.5 Å². The highest BCUT2D eigenvalue weighted by atomic mass is 32.2. The molecule has 184 valence electrons. The third-order valence-corrected chi connectivity index (χ3v) is 10.0. The number of benzene rings is 2. The number of esters is 1. The maximum atomic E-state index is 13.7. The summed E-state index contributed by atoms with van der Waals surface area (Å²) in [5, 5.41) is 0. The summed E-state index contributed by atoms with van der Waals surface area (Å²) in [6.45, 7) is 4.37. The molecule has 1 saturated carbocycles. The maximum absolute atomic E-state index is 13.7. The molecular weight excluding hydrogens is 466 g/mol. The van der Waals surface area contributed by atoms with Crippen molar-refractivity contribution in [2.24, 2.45) is 11.8 Å². The van der Waals surface area contributed by atoms with E-state index in [0.717, 1.165) is 35.1 Å². The van der Waals surface area contributed by atoms with Crippen molar-refractivity contribution in [2.45, 2.75) is 49.2 Å². The third kappa shape index (κ3) is 3.06. The van der Waals surface area contributed by atoms with Crippen molar-refractivity contribution >= 4 is 16.0 Å². The second kappa shape index (κ2) is 8.00. The van der Waals surface area contributed by atoms with Crippen LogP contribution in [-0.2, 0) is 34.9 Å². The molecule has 2 aromatic carbocycles. The van der Waals surface area contributed by atoms with Crippen molar-refractivity contribution in [3.8, 4) is 0 Å². The number of fused-ring (bicyclic) bond motifs is 1. The van der Waals surface area contributed by atoms with Gasteiger partial charge in [0.25, 0.3) is 0 Å². The molecule has 5 aliphatic rings. The van der Waals surface area contributed by atoms with Crippen LogP contribution in [0.3, 0.4) is 0 Å². The fraction of sp³-hybridized carbons (Fsp3) is 0.444. The van der Waals surface area contributed by atoms with Gasteiger partial charge in [-0.2, -0.15) is 4.31 Å². The molecule has 7 nitrogen and oxygen atoms in total. The zero-order valence-electron chi connectivity index (χ0n) is 19.9. The van der Waals surface area contributed by atoms with Gasteiger partial charge in [-0.1, -0.05) is 48.0 Å². The molecule has 2 aliphatic carbocycles. The Morgan fingerprint density at radius 3 is 2.49 bits per heavy atom.